The number of anilines is 1. The van der Waals surface area contributed by atoms with Gasteiger partial charge in [-0.1, -0.05) is 48.5 Å². The van der Waals surface area contributed by atoms with Crippen molar-refractivity contribution in [2.24, 2.45) is 0 Å². The molecule has 0 radical (unpaired) electrons. The van der Waals surface area contributed by atoms with Gasteiger partial charge in [0.2, 0.25) is 11.6 Å². The van der Waals surface area contributed by atoms with Gasteiger partial charge < -0.3 is 15.0 Å². The van der Waals surface area contributed by atoms with Crippen molar-refractivity contribution in [2.75, 3.05) is 11.4 Å². The molecule has 3 aromatic rings. The summed E-state index contributed by atoms with van der Waals surface area (Å²) >= 11 is 0. The number of hydrogen-bond donors (Lipinski definition) is 1. The van der Waals surface area contributed by atoms with Gasteiger partial charge in [0, 0.05) is 29.9 Å². The number of rotatable bonds is 5. The number of ether oxygens (including phenoxy) is 1. The molecule has 3 aromatic carbocycles. The molecule has 0 saturated heterocycles. The number of para-hydroxylation sites is 1. The molecule has 2 heterocycles. The third kappa shape index (κ3) is 3.41. The van der Waals surface area contributed by atoms with Crippen molar-refractivity contribution < 1.29 is 14.5 Å². The average molecular weight is 456 g/mol. The Kier molecular flexibility index (Phi) is 5.12. The molecule has 172 valence electrons. The Morgan fingerprint density at radius 2 is 1.79 bits per heavy atom. The fourth-order valence-corrected chi connectivity index (χ4v) is 4.90. The summed E-state index contributed by atoms with van der Waals surface area (Å²) in [7, 11) is 0. The maximum atomic E-state index is 13.1. The summed E-state index contributed by atoms with van der Waals surface area (Å²) in [6.45, 7) is 4.72. The lowest BCUT2D eigenvalue weighted by molar-refractivity contribution is -0.384. The lowest BCUT2D eigenvalue weighted by Gasteiger charge is -2.46. The highest BCUT2D eigenvalue weighted by Crippen LogP contribution is 2.54. The zero-order valence-electron chi connectivity index (χ0n) is 19.0. The Morgan fingerprint density at radius 1 is 1.06 bits per heavy atom. The van der Waals surface area contributed by atoms with Crippen LogP contribution in [0, 0.1) is 10.1 Å². The molecule has 5 rings (SSSR count). The van der Waals surface area contributed by atoms with Crippen LogP contribution in [0.25, 0.3) is 6.08 Å². The molecule has 1 unspecified atom stereocenters. The molecule has 1 atom stereocenters. The summed E-state index contributed by atoms with van der Waals surface area (Å²) in [4.78, 5) is 25.9. The van der Waals surface area contributed by atoms with Crippen LogP contribution in [-0.2, 0) is 16.8 Å². The third-order valence-corrected chi connectivity index (χ3v) is 6.76. The van der Waals surface area contributed by atoms with Crippen molar-refractivity contribution in [1.29, 1.82) is 0 Å². The molecule has 0 fully saturated rings. The number of nitrogens with zero attached hydrogens (tertiary/aromatic N) is 2. The smallest absolute Gasteiger partial charge is 0.270 e. The van der Waals surface area contributed by atoms with Gasteiger partial charge in [-0.2, -0.15) is 0 Å². The Morgan fingerprint density at radius 3 is 2.56 bits per heavy atom. The number of non-ortho nitro benzene ring substituents is 1. The fraction of sp³-hybridized carbons (Fsp3) is 0.222. The van der Waals surface area contributed by atoms with E-state index in [2.05, 4.69) is 25.2 Å². The van der Waals surface area contributed by atoms with Crippen molar-refractivity contribution >= 4 is 23.4 Å². The van der Waals surface area contributed by atoms with Crippen LogP contribution in [0.3, 0.4) is 0 Å². The normalized spacial score (nSPS) is 19.3. The summed E-state index contributed by atoms with van der Waals surface area (Å²) in [5.41, 5.74) is 2.20. The number of hydrogen-bond acceptors (Lipinski definition) is 5. The predicted molar refractivity (Wildman–Crippen MR) is 131 cm³/mol. The molecular weight excluding hydrogens is 430 g/mol. The van der Waals surface area contributed by atoms with E-state index < -0.39 is 16.1 Å². The maximum absolute atomic E-state index is 13.1. The zero-order valence-corrected chi connectivity index (χ0v) is 19.0. The molecule has 0 aromatic heterocycles. The van der Waals surface area contributed by atoms with Gasteiger partial charge in [-0.15, -0.1) is 0 Å². The highest BCUT2D eigenvalue weighted by atomic mass is 16.6. The van der Waals surface area contributed by atoms with Gasteiger partial charge in [-0.3, -0.25) is 14.9 Å². The van der Waals surface area contributed by atoms with E-state index in [1.54, 1.807) is 6.07 Å². The predicted octanol–water partition coefficient (Wildman–Crippen LogP) is 4.81. The maximum Gasteiger partial charge on any atom is 0.270 e. The van der Waals surface area contributed by atoms with Crippen molar-refractivity contribution in [2.45, 2.75) is 31.5 Å². The Labute approximate surface area is 197 Å². The first-order valence-corrected chi connectivity index (χ1v) is 11.2. The summed E-state index contributed by atoms with van der Waals surface area (Å²) in [5.74, 6) is 0.422. The molecule has 1 spiro atoms. The van der Waals surface area contributed by atoms with Gasteiger partial charge in [0.15, 0.2) is 0 Å². The minimum Gasteiger partial charge on any atom is -0.463 e. The first-order chi connectivity index (χ1) is 16.3. The van der Waals surface area contributed by atoms with Crippen LogP contribution in [0.5, 0.6) is 5.75 Å². The van der Waals surface area contributed by atoms with E-state index in [4.69, 9.17) is 4.74 Å². The number of fused-ring (bicyclic) bond motifs is 2. The molecule has 0 aliphatic carbocycles. The van der Waals surface area contributed by atoms with E-state index in [0.29, 0.717) is 17.9 Å². The largest absolute Gasteiger partial charge is 0.463 e. The van der Waals surface area contributed by atoms with E-state index in [9.17, 15) is 14.9 Å². The van der Waals surface area contributed by atoms with E-state index in [1.807, 2.05) is 65.6 Å². The number of carbonyl (C=O) groups is 1. The summed E-state index contributed by atoms with van der Waals surface area (Å²) in [6.07, 6.45) is 3.78. The van der Waals surface area contributed by atoms with E-state index in [1.165, 1.54) is 12.1 Å². The number of nitro groups is 1. The van der Waals surface area contributed by atoms with Gasteiger partial charge in [0.05, 0.1) is 10.3 Å². The van der Waals surface area contributed by atoms with E-state index in [0.717, 1.165) is 16.8 Å². The molecule has 0 saturated carbocycles. The minimum atomic E-state index is -0.968. The minimum absolute atomic E-state index is 0.00839. The summed E-state index contributed by atoms with van der Waals surface area (Å²) < 4.78 is 6.63. The molecular formula is C27H25N3O4. The van der Waals surface area contributed by atoms with Crippen LogP contribution < -0.4 is 15.0 Å². The number of carbonyl (C=O) groups excluding carboxylic acids is 1. The topological polar surface area (TPSA) is 84.7 Å². The van der Waals surface area contributed by atoms with Gasteiger partial charge in [-0.25, -0.2) is 0 Å². The quantitative estimate of drug-likeness (QED) is 0.441. The third-order valence-electron chi connectivity index (χ3n) is 6.76. The van der Waals surface area contributed by atoms with Crippen molar-refractivity contribution in [3.8, 4) is 5.75 Å². The van der Waals surface area contributed by atoms with E-state index in [-0.39, 0.29) is 18.1 Å². The van der Waals surface area contributed by atoms with Crippen LogP contribution in [0.4, 0.5) is 11.4 Å². The van der Waals surface area contributed by atoms with Crippen LogP contribution >= 0.6 is 0 Å². The number of nitro benzene ring substituents is 1. The van der Waals surface area contributed by atoms with Gasteiger partial charge in [0.25, 0.3) is 5.69 Å². The molecule has 34 heavy (non-hydrogen) atoms. The van der Waals surface area contributed by atoms with Crippen LogP contribution in [0.15, 0.2) is 78.9 Å². The van der Waals surface area contributed by atoms with E-state index >= 15 is 0 Å². The Bertz CT molecular complexity index is 1300. The standard InChI is InChI=1S/C27H25N3O4/c1-26(2)22-10-6-7-11-23(22)29(18-25(31)28-17-19-8-4-3-5-9-19)27(26)15-14-20-16-21(30(32)33)12-13-24(20)34-27/h3-16H,17-18H2,1-2H3,(H,28,31). The van der Waals surface area contributed by atoms with Crippen LogP contribution in [-0.4, -0.2) is 23.1 Å². The van der Waals surface area contributed by atoms with Crippen LogP contribution in [0.2, 0.25) is 0 Å². The highest BCUT2D eigenvalue weighted by molar-refractivity contribution is 5.85. The molecule has 7 heteroatoms. The van der Waals surface area contributed by atoms with Crippen molar-refractivity contribution in [1.82, 2.24) is 5.32 Å². The summed E-state index contributed by atoms with van der Waals surface area (Å²) in [5, 5.41) is 14.2. The second-order valence-corrected chi connectivity index (χ2v) is 9.10. The number of nitrogens with one attached hydrogen (secondary N) is 1. The second kappa shape index (κ2) is 8.02. The summed E-state index contributed by atoms with van der Waals surface area (Å²) in [6, 6.07) is 22.3. The Balaban J connectivity index is 1.49. The molecule has 2 aliphatic heterocycles. The number of benzene rings is 3. The van der Waals surface area contributed by atoms with Gasteiger partial charge in [0.1, 0.15) is 12.3 Å². The second-order valence-electron chi connectivity index (χ2n) is 9.10. The van der Waals surface area contributed by atoms with Crippen molar-refractivity contribution in [3.63, 3.8) is 0 Å². The average Bonchev–Trinajstić information content (AvgIpc) is 3.02. The highest BCUT2D eigenvalue weighted by Gasteiger charge is 2.59. The first kappa shape index (κ1) is 21.7. The van der Waals surface area contributed by atoms with Gasteiger partial charge >= 0.3 is 0 Å². The lowest BCUT2D eigenvalue weighted by Crippen LogP contribution is -2.61. The molecule has 1 N–H and O–H groups in total. The monoisotopic (exact) mass is 455 g/mol. The molecule has 1 amide bonds. The SMILES string of the molecule is CC1(C)c2ccccc2N(CC(=O)NCc2ccccc2)C12C=Cc1cc([N+](=O)[O-])ccc1O2. The van der Waals surface area contributed by atoms with Gasteiger partial charge in [-0.05, 0) is 49.3 Å². The number of amides is 1. The first-order valence-electron chi connectivity index (χ1n) is 11.2. The molecule has 2 aliphatic rings. The molecule has 0 bridgehead atoms. The zero-order chi connectivity index (χ0) is 23.9. The Hall–Kier alpha value is -4.13. The lowest BCUT2D eigenvalue weighted by atomic mass is 9.76. The van der Waals surface area contributed by atoms with Crippen LogP contribution in [0.1, 0.15) is 30.5 Å². The molecule has 7 nitrogen and oxygen atoms in total. The van der Waals surface area contributed by atoms with Crippen molar-refractivity contribution in [3.05, 3.63) is 106 Å². The fourth-order valence-electron chi connectivity index (χ4n) is 4.90.